The van der Waals surface area contributed by atoms with E-state index in [0.29, 0.717) is 13.2 Å². The molecule has 5 nitrogen and oxygen atoms in total. The van der Waals surface area contributed by atoms with Gasteiger partial charge in [0, 0.05) is 24.0 Å². The molecule has 2 aromatic rings. The van der Waals surface area contributed by atoms with Crippen molar-refractivity contribution in [3.05, 3.63) is 41.7 Å². The fourth-order valence-corrected chi connectivity index (χ4v) is 2.10. The van der Waals surface area contributed by atoms with Gasteiger partial charge in [0.15, 0.2) is 0 Å². The van der Waals surface area contributed by atoms with Crippen LogP contribution in [-0.4, -0.2) is 21.5 Å². The number of nitrogens with zero attached hydrogens (tertiary/aromatic N) is 2. The summed E-state index contributed by atoms with van der Waals surface area (Å²) in [6, 6.07) is 7.75. The van der Waals surface area contributed by atoms with Crippen LogP contribution < -0.4 is 10.1 Å². The lowest BCUT2D eigenvalue weighted by Crippen LogP contribution is -2.08. The highest BCUT2D eigenvalue weighted by molar-refractivity contribution is 5.51. The summed E-state index contributed by atoms with van der Waals surface area (Å²) in [6.45, 7) is 6.12. The number of aliphatic hydroxyl groups is 1. The predicted octanol–water partition coefficient (Wildman–Crippen LogP) is 2.41. The Labute approximate surface area is 119 Å². The van der Waals surface area contributed by atoms with Crippen molar-refractivity contribution in [2.75, 3.05) is 11.9 Å². The first-order chi connectivity index (χ1) is 9.78. The fourth-order valence-electron chi connectivity index (χ4n) is 2.10. The van der Waals surface area contributed by atoms with Gasteiger partial charge in [-0.15, -0.1) is 0 Å². The van der Waals surface area contributed by atoms with Crippen LogP contribution in [-0.2, 0) is 19.7 Å². The molecular formula is C15H21N3O2. The van der Waals surface area contributed by atoms with E-state index in [1.54, 1.807) is 6.20 Å². The summed E-state index contributed by atoms with van der Waals surface area (Å²) in [5.41, 5.74) is 2.88. The molecule has 0 aliphatic heterocycles. The second-order valence-corrected chi connectivity index (χ2v) is 4.41. The third-order valence-electron chi connectivity index (χ3n) is 3.11. The second kappa shape index (κ2) is 6.96. The summed E-state index contributed by atoms with van der Waals surface area (Å²) >= 11 is 0. The molecule has 2 N–H and O–H groups in total. The molecule has 0 atom stereocenters. The summed E-state index contributed by atoms with van der Waals surface area (Å²) in [6.07, 6.45) is 1.80. The highest BCUT2D eigenvalue weighted by Crippen LogP contribution is 2.23. The Bertz CT molecular complexity index is 552. The third kappa shape index (κ3) is 3.30. The maximum Gasteiger partial charge on any atom is 0.124 e. The summed E-state index contributed by atoms with van der Waals surface area (Å²) in [4.78, 5) is 0. The second-order valence-electron chi connectivity index (χ2n) is 4.41. The maximum absolute atomic E-state index is 9.38. The van der Waals surface area contributed by atoms with E-state index in [4.69, 9.17) is 4.74 Å². The zero-order valence-corrected chi connectivity index (χ0v) is 12.0. The normalized spacial score (nSPS) is 10.6. The molecule has 5 heteroatoms. The van der Waals surface area contributed by atoms with Crippen molar-refractivity contribution in [3.63, 3.8) is 0 Å². The van der Waals surface area contributed by atoms with Gasteiger partial charge in [-0.3, -0.25) is 4.68 Å². The Kier molecular flexibility index (Phi) is 5.01. The number of nitrogens with one attached hydrogen (secondary N) is 1. The van der Waals surface area contributed by atoms with Gasteiger partial charge < -0.3 is 15.2 Å². The predicted molar refractivity (Wildman–Crippen MR) is 78.8 cm³/mol. The number of ether oxygens (including phenoxy) is 1. The SMILES string of the molecule is CCOc1ccc(NCc2ccnn2CC)cc1CO. The molecule has 0 fully saturated rings. The van der Waals surface area contributed by atoms with Crippen LogP contribution in [0.15, 0.2) is 30.5 Å². The van der Waals surface area contributed by atoms with Crippen LogP contribution in [0.5, 0.6) is 5.75 Å². The highest BCUT2D eigenvalue weighted by atomic mass is 16.5. The van der Waals surface area contributed by atoms with E-state index in [2.05, 4.69) is 17.3 Å². The van der Waals surface area contributed by atoms with Crippen LogP contribution in [0.3, 0.4) is 0 Å². The molecule has 20 heavy (non-hydrogen) atoms. The highest BCUT2D eigenvalue weighted by Gasteiger charge is 2.05. The minimum absolute atomic E-state index is 0.0300. The molecule has 0 radical (unpaired) electrons. The van der Waals surface area contributed by atoms with Gasteiger partial charge in [0.25, 0.3) is 0 Å². The number of benzene rings is 1. The standard InChI is InChI=1S/C15H21N3O2/c1-3-18-14(7-8-17-18)10-16-13-5-6-15(20-4-2)12(9-13)11-19/h5-9,16,19H,3-4,10-11H2,1-2H3. The number of aromatic nitrogens is 2. The molecule has 0 aliphatic rings. The summed E-state index contributed by atoms with van der Waals surface area (Å²) < 4.78 is 7.42. The lowest BCUT2D eigenvalue weighted by Gasteiger charge is -2.12. The Balaban J connectivity index is 2.06. The van der Waals surface area contributed by atoms with E-state index < -0.39 is 0 Å². The van der Waals surface area contributed by atoms with Crippen LogP contribution in [0.2, 0.25) is 0 Å². The smallest absolute Gasteiger partial charge is 0.124 e. The number of hydrogen-bond acceptors (Lipinski definition) is 4. The molecule has 0 amide bonds. The molecule has 0 bridgehead atoms. The lowest BCUT2D eigenvalue weighted by molar-refractivity contribution is 0.267. The third-order valence-corrected chi connectivity index (χ3v) is 3.11. The molecular weight excluding hydrogens is 254 g/mol. The largest absolute Gasteiger partial charge is 0.494 e. The Hall–Kier alpha value is -2.01. The minimum atomic E-state index is -0.0300. The fraction of sp³-hybridized carbons (Fsp3) is 0.400. The van der Waals surface area contributed by atoms with E-state index in [0.717, 1.165) is 29.2 Å². The van der Waals surface area contributed by atoms with E-state index >= 15 is 0 Å². The first-order valence-electron chi connectivity index (χ1n) is 6.89. The number of aliphatic hydroxyl groups excluding tert-OH is 1. The Morgan fingerprint density at radius 1 is 1.30 bits per heavy atom. The van der Waals surface area contributed by atoms with Crippen LogP contribution in [0.4, 0.5) is 5.69 Å². The van der Waals surface area contributed by atoms with Gasteiger partial charge in [-0.05, 0) is 38.1 Å². The quantitative estimate of drug-likeness (QED) is 0.814. The Morgan fingerprint density at radius 2 is 2.15 bits per heavy atom. The molecule has 1 heterocycles. The first-order valence-corrected chi connectivity index (χ1v) is 6.89. The van der Waals surface area contributed by atoms with Gasteiger partial charge in [0.1, 0.15) is 5.75 Å². The zero-order valence-electron chi connectivity index (χ0n) is 12.0. The van der Waals surface area contributed by atoms with Crippen LogP contribution in [0.25, 0.3) is 0 Å². The Morgan fingerprint density at radius 3 is 2.85 bits per heavy atom. The molecule has 1 aromatic heterocycles. The molecule has 0 unspecified atom stereocenters. The van der Waals surface area contributed by atoms with Crippen molar-refractivity contribution < 1.29 is 9.84 Å². The van der Waals surface area contributed by atoms with Crippen LogP contribution >= 0.6 is 0 Å². The molecule has 2 rings (SSSR count). The van der Waals surface area contributed by atoms with Gasteiger partial charge in [0.05, 0.1) is 25.5 Å². The first kappa shape index (κ1) is 14.4. The molecule has 1 aromatic carbocycles. The molecule has 0 saturated heterocycles. The van der Waals surface area contributed by atoms with Gasteiger partial charge in [-0.2, -0.15) is 5.10 Å². The summed E-state index contributed by atoms with van der Waals surface area (Å²) in [5.74, 6) is 0.735. The van der Waals surface area contributed by atoms with Gasteiger partial charge in [-0.1, -0.05) is 0 Å². The monoisotopic (exact) mass is 275 g/mol. The van der Waals surface area contributed by atoms with Crippen LogP contribution in [0.1, 0.15) is 25.1 Å². The van der Waals surface area contributed by atoms with Crippen molar-refractivity contribution in [1.29, 1.82) is 0 Å². The van der Waals surface area contributed by atoms with Gasteiger partial charge in [0.2, 0.25) is 0 Å². The number of rotatable bonds is 7. The van der Waals surface area contributed by atoms with Crippen LogP contribution in [0, 0.1) is 0 Å². The number of hydrogen-bond donors (Lipinski definition) is 2. The average Bonchev–Trinajstić information content (AvgIpc) is 2.94. The molecule has 0 saturated carbocycles. The zero-order chi connectivity index (χ0) is 14.4. The average molecular weight is 275 g/mol. The van der Waals surface area contributed by atoms with Gasteiger partial charge >= 0.3 is 0 Å². The molecule has 0 aliphatic carbocycles. The maximum atomic E-state index is 9.38. The van der Waals surface area contributed by atoms with Crippen molar-refractivity contribution in [1.82, 2.24) is 9.78 Å². The van der Waals surface area contributed by atoms with Crippen molar-refractivity contribution >= 4 is 5.69 Å². The lowest BCUT2D eigenvalue weighted by atomic mass is 10.2. The summed E-state index contributed by atoms with van der Waals surface area (Å²) in [7, 11) is 0. The van der Waals surface area contributed by atoms with Crippen molar-refractivity contribution in [2.45, 2.75) is 33.5 Å². The van der Waals surface area contributed by atoms with E-state index in [1.807, 2.05) is 35.9 Å². The number of aryl methyl sites for hydroxylation is 1. The summed E-state index contributed by atoms with van der Waals surface area (Å²) in [5, 5.41) is 17.0. The van der Waals surface area contributed by atoms with E-state index in [-0.39, 0.29) is 6.61 Å². The molecule has 108 valence electrons. The molecule has 0 spiro atoms. The van der Waals surface area contributed by atoms with Gasteiger partial charge in [-0.25, -0.2) is 0 Å². The van der Waals surface area contributed by atoms with Crippen molar-refractivity contribution in [2.24, 2.45) is 0 Å². The van der Waals surface area contributed by atoms with E-state index in [9.17, 15) is 5.11 Å². The van der Waals surface area contributed by atoms with E-state index in [1.165, 1.54) is 0 Å². The number of anilines is 1. The minimum Gasteiger partial charge on any atom is -0.494 e. The topological polar surface area (TPSA) is 59.3 Å². The van der Waals surface area contributed by atoms with Crippen molar-refractivity contribution in [3.8, 4) is 5.75 Å².